The number of nitrogens with zero attached hydrogens (tertiary/aromatic N) is 4. The number of ether oxygens (including phenoxy) is 2. The van der Waals surface area contributed by atoms with Crippen molar-refractivity contribution >= 4 is 29.4 Å². The quantitative estimate of drug-likeness (QED) is 0.320. The number of fused-ring (bicyclic) bond motifs is 1. The molecule has 3 aromatic rings. The number of benzene rings is 2. The number of piperazine rings is 1. The molecular formula is C25H26N6O2S. The largest absolute Gasteiger partial charge is 0.454 e. The number of hydrogen-bond acceptors (Lipinski definition) is 7. The molecule has 9 heteroatoms. The molecule has 0 radical (unpaired) electrons. The molecule has 3 N–H and O–H groups in total. The van der Waals surface area contributed by atoms with E-state index in [1.54, 1.807) is 6.21 Å². The Kier molecular flexibility index (Phi) is 6.55. The lowest BCUT2D eigenvalue weighted by atomic mass is 10.1. The third-order valence-corrected chi connectivity index (χ3v) is 5.99. The molecule has 2 aliphatic rings. The van der Waals surface area contributed by atoms with Crippen molar-refractivity contribution in [2.75, 3.05) is 37.9 Å². The highest BCUT2D eigenvalue weighted by Gasteiger charge is 2.20. The van der Waals surface area contributed by atoms with E-state index in [2.05, 4.69) is 56.7 Å². The fraction of sp³-hybridized carbons (Fsp3) is 0.240. The molecule has 0 saturated carbocycles. The number of hydrazone groups is 1. The molecule has 0 atom stereocenters. The van der Waals surface area contributed by atoms with Crippen molar-refractivity contribution < 1.29 is 9.47 Å². The van der Waals surface area contributed by atoms with Crippen molar-refractivity contribution in [3.05, 3.63) is 71.9 Å². The number of thiocarbonyl (C=S) groups is 1. The van der Waals surface area contributed by atoms with Crippen LogP contribution in [-0.4, -0.2) is 54.2 Å². The van der Waals surface area contributed by atoms with Gasteiger partial charge in [0, 0.05) is 44.5 Å². The Morgan fingerprint density at radius 1 is 1.03 bits per heavy atom. The van der Waals surface area contributed by atoms with Gasteiger partial charge in [-0.2, -0.15) is 5.10 Å². The molecule has 1 aromatic heterocycles. The maximum absolute atomic E-state index is 5.50. The summed E-state index contributed by atoms with van der Waals surface area (Å²) in [5.41, 5.74) is 12.3. The van der Waals surface area contributed by atoms with Crippen LogP contribution in [0.5, 0.6) is 11.5 Å². The lowest BCUT2D eigenvalue weighted by molar-refractivity contribution is 0.174. The highest BCUT2D eigenvalue weighted by molar-refractivity contribution is 7.80. The second kappa shape index (κ2) is 10.1. The number of nitrogens with two attached hydrogens (primary N) is 1. The zero-order chi connectivity index (χ0) is 23.3. The average molecular weight is 475 g/mol. The van der Waals surface area contributed by atoms with Gasteiger partial charge in [0.2, 0.25) is 6.79 Å². The first-order chi connectivity index (χ1) is 16.6. The fourth-order valence-corrected chi connectivity index (χ4v) is 4.20. The van der Waals surface area contributed by atoms with Crippen LogP contribution in [0.2, 0.25) is 0 Å². The first kappa shape index (κ1) is 22.1. The summed E-state index contributed by atoms with van der Waals surface area (Å²) in [7, 11) is 0. The van der Waals surface area contributed by atoms with Gasteiger partial charge in [-0.05, 0) is 59.2 Å². The number of nitrogens with one attached hydrogen (secondary N) is 1. The number of anilines is 1. The van der Waals surface area contributed by atoms with E-state index in [0.29, 0.717) is 6.79 Å². The molecular weight excluding hydrogens is 448 g/mol. The van der Waals surface area contributed by atoms with E-state index >= 15 is 0 Å². The predicted octanol–water partition coefficient (Wildman–Crippen LogP) is 2.97. The van der Waals surface area contributed by atoms with E-state index in [1.807, 2.05) is 24.4 Å². The van der Waals surface area contributed by atoms with E-state index in [1.165, 1.54) is 5.56 Å². The normalized spacial score (nSPS) is 15.6. The molecule has 1 fully saturated rings. The molecule has 174 valence electrons. The summed E-state index contributed by atoms with van der Waals surface area (Å²) in [6.45, 7) is 5.07. The molecule has 0 unspecified atom stereocenters. The van der Waals surface area contributed by atoms with Gasteiger partial charge in [0.15, 0.2) is 16.6 Å². The van der Waals surface area contributed by atoms with Crippen molar-refractivity contribution in [2.24, 2.45) is 10.8 Å². The van der Waals surface area contributed by atoms with Gasteiger partial charge in [0.05, 0.1) is 6.21 Å². The minimum absolute atomic E-state index is 0.140. The van der Waals surface area contributed by atoms with Crippen LogP contribution in [0.15, 0.2) is 65.9 Å². The number of hydrogen-bond donors (Lipinski definition) is 2. The Labute approximate surface area is 204 Å². The topological polar surface area (TPSA) is 88.2 Å². The van der Waals surface area contributed by atoms with Crippen LogP contribution in [0.3, 0.4) is 0 Å². The van der Waals surface area contributed by atoms with Gasteiger partial charge in [-0.3, -0.25) is 10.3 Å². The van der Waals surface area contributed by atoms with Crippen molar-refractivity contribution in [3.63, 3.8) is 0 Å². The maximum Gasteiger partial charge on any atom is 0.231 e. The van der Waals surface area contributed by atoms with Crippen molar-refractivity contribution in [1.82, 2.24) is 15.3 Å². The molecule has 8 nitrogen and oxygen atoms in total. The standard InChI is InChI=1S/C25H26N6O2S/c26-25(34)29-28-14-18-2-1-3-20(12-18)21-5-7-24(27-15-21)31-10-8-30(9-11-31)16-19-4-6-22-23(13-19)33-17-32-22/h1-7,12-15H,8-11,16-17H2,(H3,26,29,34)/b28-14+. The molecule has 34 heavy (non-hydrogen) atoms. The maximum atomic E-state index is 5.50. The van der Waals surface area contributed by atoms with Crippen LogP contribution in [0.1, 0.15) is 11.1 Å². The monoisotopic (exact) mass is 474 g/mol. The van der Waals surface area contributed by atoms with E-state index in [-0.39, 0.29) is 5.11 Å². The number of rotatable bonds is 6. The summed E-state index contributed by atoms with van der Waals surface area (Å²) < 4.78 is 10.9. The second-order valence-corrected chi connectivity index (χ2v) is 8.66. The number of pyridine rings is 1. The molecule has 0 spiro atoms. The molecule has 0 aliphatic carbocycles. The Bertz CT molecular complexity index is 1190. The smallest absolute Gasteiger partial charge is 0.231 e. The molecule has 0 amide bonds. The van der Waals surface area contributed by atoms with Gasteiger partial charge >= 0.3 is 0 Å². The van der Waals surface area contributed by atoms with Gasteiger partial charge in [-0.15, -0.1) is 0 Å². The van der Waals surface area contributed by atoms with Crippen LogP contribution in [0.4, 0.5) is 5.82 Å². The molecule has 5 rings (SSSR count). The van der Waals surface area contributed by atoms with E-state index in [4.69, 9.17) is 32.4 Å². The average Bonchev–Trinajstić information content (AvgIpc) is 3.33. The zero-order valence-corrected chi connectivity index (χ0v) is 19.5. The summed E-state index contributed by atoms with van der Waals surface area (Å²) in [4.78, 5) is 9.54. The molecule has 0 bridgehead atoms. The molecule has 3 heterocycles. The van der Waals surface area contributed by atoms with E-state index < -0.39 is 0 Å². The Morgan fingerprint density at radius 2 is 1.88 bits per heavy atom. The number of aromatic nitrogens is 1. The Hall–Kier alpha value is -3.69. The fourth-order valence-electron chi connectivity index (χ4n) is 4.15. The predicted molar refractivity (Wildman–Crippen MR) is 137 cm³/mol. The SMILES string of the molecule is NC(=S)N/N=C/c1cccc(-c2ccc(N3CCN(Cc4ccc5c(c4)OCO5)CC3)nc2)c1. The van der Waals surface area contributed by atoms with Crippen molar-refractivity contribution in [2.45, 2.75) is 6.54 Å². The van der Waals surface area contributed by atoms with Crippen LogP contribution in [0.25, 0.3) is 11.1 Å². The van der Waals surface area contributed by atoms with Gasteiger partial charge < -0.3 is 20.1 Å². The van der Waals surface area contributed by atoms with Crippen LogP contribution < -0.4 is 25.5 Å². The first-order valence-electron chi connectivity index (χ1n) is 11.1. The highest BCUT2D eigenvalue weighted by Crippen LogP contribution is 2.33. The third kappa shape index (κ3) is 5.27. The summed E-state index contributed by atoms with van der Waals surface area (Å²) in [6, 6.07) is 18.5. The highest BCUT2D eigenvalue weighted by atomic mass is 32.1. The lowest BCUT2D eigenvalue weighted by Crippen LogP contribution is -2.46. The second-order valence-electron chi connectivity index (χ2n) is 8.22. The van der Waals surface area contributed by atoms with Crippen LogP contribution >= 0.6 is 12.2 Å². The van der Waals surface area contributed by atoms with Crippen LogP contribution in [0, 0.1) is 0 Å². The van der Waals surface area contributed by atoms with Gasteiger partial charge in [0.1, 0.15) is 5.82 Å². The molecule has 2 aliphatic heterocycles. The van der Waals surface area contributed by atoms with Crippen molar-refractivity contribution in [3.8, 4) is 22.6 Å². The van der Waals surface area contributed by atoms with Crippen molar-refractivity contribution in [1.29, 1.82) is 0 Å². The molecule has 1 saturated heterocycles. The minimum atomic E-state index is 0.140. The van der Waals surface area contributed by atoms with E-state index in [0.717, 1.165) is 66.7 Å². The minimum Gasteiger partial charge on any atom is -0.454 e. The van der Waals surface area contributed by atoms with Gasteiger partial charge in [0.25, 0.3) is 0 Å². The summed E-state index contributed by atoms with van der Waals surface area (Å²) in [5, 5.41) is 4.16. The first-order valence-corrected chi connectivity index (χ1v) is 11.6. The Morgan fingerprint density at radius 3 is 2.68 bits per heavy atom. The summed E-state index contributed by atoms with van der Waals surface area (Å²) in [6.07, 6.45) is 3.62. The lowest BCUT2D eigenvalue weighted by Gasteiger charge is -2.35. The van der Waals surface area contributed by atoms with Crippen LogP contribution in [-0.2, 0) is 6.54 Å². The Balaban J connectivity index is 1.17. The third-order valence-electron chi connectivity index (χ3n) is 5.90. The zero-order valence-electron chi connectivity index (χ0n) is 18.7. The summed E-state index contributed by atoms with van der Waals surface area (Å²) >= 11 is 4.76. The van der Waals surface area contributed by atoms with Gasteiger partial charge in [-0.25, -0.2) is 4.98 Å². The van der Waals surface area contributed by atoms with Gasteiger partial charge in [-0.1, -0.05) is 24.3 Å². The van der Waals surface area contributed by atoms with E-state index in [9.17, 15) is 0 Å². The molecule has 2 aromatic carbocycles. The summed E-state index contributed by atoms with van der Waals surface area (Å²) in [5.74, 6) is 2.68.